The Hall–Kier alpha value is -1.66. The highest BCUT2D eigenvalue weighted by atomic mass is 16.1. The summed E-state index contributed by atoms with van der Waals surface area (Å²) in [5.41, 5.74) is 0.520. The zero-order chi connectivity index (χ0) is 13.3. The van der Waals surface area contributed by atoms with Crippen molar-refractivity contribution < 1.29 is 4.79 Å². The third-order valence-electron chi connectivity index (χ3n) is 4.78. The number of carbonyl (C=O) groups excluding carboxylic acids is 1. The summed E-state index contributed by atoms with van der Waals surface area (Å²) in [6, 6.07) is 10.3. The lowest BCUT2D eigenvalue weighted by atomic mass is 9.61. The van der Waals surface area contributed by atoms with E-state index in [9.17, 15) is 4.79 Å². The van der Waals surface area contributed by atoms with Gasteiger partial charge in [-0.1, -0.05) is 30.3 Å². The Morgan fingerprint density at radius 1 is 1.16 bits per heavy atom. The monoisotopic (exact) mass is 254 g/mol. The van der Waals surface area contributed by atoms with E-state index >= 15 is 0 Å². The molecule has 3 fully saturated rings. The van der Waals surface area contributed by atoms with Gasteiger partial charge in [0.1, 0.15) is 0 Å². The first-order valence-corrected chi connectivity index (χ1v) is 6.89. The van der Waals surface area contributed by atoms with Gasteiger partial charge in [-0.2, -0.15) is 0 Å². The van der Waals surface area contributed by atoms with Gasteiger partial charge in [-0.3, -0.25) is 4.79 Å². The van der Waals surface area contributed by atoms with Crippen LogP contribution in [0.5, 0.6) is 0 Å². The molecule has 98 valence electrons. The minimum atomic E-state index is -0.670. The number of nitrogens with one attached hydrogen (secondary N) is 1. The first-order valence-electron chi connectivity index (χ1n) is 6.89. The van der Waals surface area contributed by atoms with Crippen molar-refractivity contribution in [3.63, 3.8) is 0 Å². The number of Topliss-reactive ketones (excluding diaryl/α,β-unsaturated/α-hetero) is 1. The molecule has 3 saturated carbocycles. The maximum absolute atomic E-state index is 12.2. The molecule has 0 spiro atoms. The molecule has 0 amide bonds. The summed E-state index contributed by atoms with van der Waals surface area (Å²) in [6.45, 7) is 8.09. The van der Waals surface area contributed by atoms with E-state index in [1.165, 1.54) is 5.56 Å². The van der Waals surface area contributed by atoms with E-state index in [-0.39, 0.29) is 11.3 Å². The summed E-state index contributed by atoms with van der Waals surface area (Å²) in [5.74, 6) is 0.153. The van der Waals surface area contributed by atoms with Gasteiger partial charge in [-0.05, 0) is 18.4 Å². The van der Waals surface area contributed by atoms with Crippen molar-refractivity contribution in [2.24, 2.45) is 0 Å². The topological polar surface area (TPSA) is 33.5 Å². The molecular weight excluding hydrogens is 236 g/mol. The van der Waals surface area contributed by atoms with Crippen LogP contribution in [0, 0.1) is 6.57 Å². The zero-order valence-electron chi connectivity index (χ0n) is 11.0. The van der Waals surface area contributed by atoms with Crippen molar-refractivity contribution in [3.8, 4) is 0 Å². The fraction of sp³-hybridized carbons (Fsp3) is 0.500. The molecule has 1 aromatic carbocycles. The number of hydrogen-bond donors (Lipinski definition) is 1. The van der Waals surface area contributed by atoms with E-state index in [4.69, 9.17) is 6.57 Å². The molecule has 0 atom stereocenters. The van der Waals surface area contributed by atoms with E-state index in [1.54, 1.807) is 0 Å². The lowest BCUT2D eigenvalue weighted by molar-refractivity contribution is -0.130. The molecule has 1 aromatic rings. The number of hydrogen-bond acceptors (Lipinski definition) is 2. The summed E-state index contributed by atoms with van der Waals surface area (Å²) >= 11 is 0. The molecule has 3 aliphatic rings. The molecule has 3 heteroatoms. The van der Waals surface area contributed by atoms with Crippen molar-refractivity contribution in [3.05, 3.63) is 47.3 Å². The van der Waals surface area contributed by atoms with Crippen LogP contribution >= 0.6 is 0 Å². The first kappa shape index (κ1) is 12.4. The highest BCUT2D eigenvalue weighted by Gasteiger charge is 2.58. The Kier molecular flexibility index (Phi) is 2.91. The predicted octanol–water partition coefficient (Wildman–Crippen LogP) is 2.72. The molecule has 3 aliphatic carbocycles. The van der Waals surface area contributed by atoms with Crippen molar-refractivity contribution in [1.82, 2.24) is 5.32 Å². The average molecular weight is 254 g/mol. The first-order chi connectivity index (χ1) is 9.18. The molecule has 3 nitrogen and oxygen atoms in total. The second kappa shape index (κ2) is 4.47. The van der Waals surface area contributed by atoms with Crippen LogP contribution in [-0.4, -0.2) is 16.9 Å². The maximum Gasteiger partial charge on any atom is 0.289 e. The third kappa shape index (κ3) is 2.06. The van der Waals surface area contributed by atoms with Gasteiger partial charge in [-0.25, -0.2) is 6.57 Å². The Balaban J connectivity index is 1.70. The van der Waals surface area contributed by atoms with Crippen LogP contribution in [0.15, 0.2) is 30.3 Å². The standard InChI is InChI=1S/C16H18N2O/c1-17-16-9-7-15(8-10-16,11-14(16)19)18-12-13-5-3-2-4-6-13/h2-6,18H,7-12H2. The van der Waals surface area contributed by atoms with Crippen molar-refractivity contribution in [2.75, 3.05) is 0 Å². The second-order valence-electron chi connectivity index (χ2n) is 5.86. The van der Waals surface area contributed by atoms with Crippen LogP contribution in [0.4, 0.5) is 0 Å². The lowest BCUT2D eigenvalue weighted by Crippen LogP contribution is -2.60. The van der Waals surface area contributed by atoms with Crippen molar-refractivity contribution >= 4 is 5.78 Å². The largest absolute Gasteiger partial charge is 0.307 e. The SMILES string of the molecule is [C-]#[N+]C12CCC(NCc3ccccc3)(CC1)CC2=O. The molecule has 0 radical (unpaired) electrons. The molecule has 0 aliphatic heterocycles. The number of carbonyl (C=O) groups is 1. The summed E-state index contributed by atoms with van der Waals surface area (Å²) in [4.78, 5) is 15.8. The van der Waals surface area contributed by atoms with E-state index in [0.717, 1.165) is 32.2 Å². The Morgan fingerprint density at radius 2 is 1.84 bits per heavy atom. The van der Waals surface area contributed by atoms with E-state index in [0.29, 0.717) is 6.42 Å². The quantitative estimate of drug-likeness (QED) is 0.841. The predicted molar refractivity (Wildman–Crippen MR) is 73.4 cm³/mol. The molecule has 0 unspecified atom stereocenters. The van der Waals surface area contributed by atoms with Gasteiger partial charge in [0, 0.05) is 31.3 Å². The van der Waals surface area contributed by atoms with E-state index in [1.807, 2.05) is 18.2 Å². The highest BCUT2D eigenvalue weighted by Crippen LogP contribution is 2.47. The normalized spacial score (nSPS) is 33.1. The molecule has 19 heavy (non-hydrogen) atoms. The Bertz CT molecular complexity index is 521. The molecule has 2 bridgehead atoms. The van der Waals surface area contributed by atoms with Gasteiger partial charge >= 0.3 is 0 Å². The molecular formula is C16H18N2O. The van der Waals surface area contributed by atoms with Crippen molar-refractivity contribution in [1.29, 1.82) is 0 Å². The minimum absolute atomic E-state index is 0.0562. The lowest BCUT2D eigenvalue weighted by Gasteiger charge is -2.46. The number of rotatable bonds is 3. The summed E-state index contributed by atoms with van der Waals surface area (Å²) in [5, 5.41) is 3.59. The Labute approximate surface area is 113 Å². The fourth-order valence-corrected chi connectivity index (χ4v) is 3.37. The summed E-state index contributed by atoms with van der Waals surface area (Å²) in [7, 11) is 0. The van der Waals surface area contributed by atoms with Crippen LogP contribution in [0.2, 0.25) is 0 Å². The van der Waals surface area contributed by atoms with Crippen LogP contribution < -0.4 is 5.32 Å². The summed E-state index contributed by atoms with van der Waals surface area (Å²) < 4.78 is 0. The fourth-order valence-electron chi connectivity index (χ4n) is 3.37. The van der Waals surface area contributed by atoms with Gasteiger partial charge in [0.2, 0.25) is 5.78 Å². The number of fused-ring (bicyclic) bond motifs is 3. The average Bonchev–Trinajstić information content (AvgIpc) is 2.48. The molecule has 0 heterocycles. The number of benzene rings is 1. The number of ketones is 1. The van der Waals surface area contributed by atoms with Crippen LogP contribution in [0.1, 0.15) is 37.7 Å². The van der Waals surface area contributed by atoms with Gasteiger partial charge in [0.05, 0.1) is 0 Å². The minimum Gasteiger partial charge on any atom is -0.307 e. The van der Waals surface area contributed by atoms with Gasteiger partial charge < -0.3 is 10.2 Å². The Morgan fingerprint density at radius 3 is 2.42 bits per heavy atom. The number of nitrogens with zero attached hydrogens (tertiary/aromatic N) is 1. The summed E-state index contributed by atoms with van der Waals surface area (Å²) in [6.07, 6.45) is 3.90. The van der Waals surface area contributed by atoms with Gasteiger partial charge in [0.15, 0.2) is 0 Å². The molecule has 1 N–H and O–H groups in total. The van der Waals surface area contributed by atoms with E-state index in [2.05, 4.69) is 22.3 Å². The van der Waals surface area contributed by atoms with Crippen molar-refractivity contribution in [2.45, 2.75) is 49.7 Å². The van der Waals surface area contributed by atoms with Crippen LogP contribution in [-0.2, 0) is 11.3 Å². The van der Waals surface area contributed by atoms with Crippen LogP contribution in [0.3, 0.4) is 0 Å². The van der Waals surface area contributed by atoms with Crippen LogP contribution in [0.25, 0.3) is 4.85 Å². The molecule has 0 aromatic heterocycles. The smallest absolute Gasteiger partial charge is 0.289 e. The second-order valence-corrected chi connectivity index (χ2v) is 5.86. The molecule has 0 saturated heterocycles. The zero-order valence-corrected chi connectivity index (χ0v) is 11.0. The highest BCUT2D eigenvalue weighted by molar-refractivity contribution is 5.93. The maximum atomic E-state index is 12.2. The van der Waals surface area contributed by atoms with Gasteiger partial charge in [0.25, 0.3) is 5.54 Å². The van der Waals surface area contributed by atoms with E-state index < -0.39 is 5.54 Å². The third-order valence-corrected chi connectivity index (χ3v) is 4.78. The molecule has 4 rings (SSSR count). The van der Waals surface area contributed by atoms with Gasteiger partial charge in [-0.15, -0.1) is 0 Å².